The first kappa shape index (κ1) is 30.4. The molecule has 0 bridgehead atoms. The fourth-order valence-corrected chi connectivity index (χ4v) is 4.18. The number of nitrogens with two attached hydrogens (primary N) is 1. The van der Waals surface area contributed by atoms with E-state index in [0.717, 1.165) is 24.2 Å². The summed E-state index contributed by atoms with van der Waals surface area (Å²) >= 11 is 0. The third-order valence-corrected chi connectivity index (χ3v) is 6.80. The number of phenolic OH excluding ortho intramolecular Hbond substituents is 1. The van der Waals surface area contributed by atoms with Gasteiger partial charge in [-0.1, -0.05) is 85.7 Å². The first-order valence-electron chi connectivity index (χ1n) is 13.1. The maximum absolute atomic E-state index is 12.8. The number of hydrogen-bond donors (Lipinski definition) is 3. The number of nitrogens with one attached hydrogen (secondary N) is 1. The molecule has 2 aromatic rings. The van der Waals surface area contributed by atoms with E-state index in [1.807, 2.05) is 18.0 Å². The Bertz CT molecular complexity index is 1090. The Morgan fingerprint density at radius 2 is 1.59 bits per heavy atom. The summed E-state index contributed by atoms with van der Waals surface area (Å²) in [6.07, 6.45) is 1.74. The number of hydrogen-bond acceptors (Lipinski definition) is 5. The molecule has 204 valence electrons. The summed E-state index contributed by atoms with van der Waals surface area (Å²) < 4.78 is 0. The average molecular weight is 509 g/mol. The molecule has 0 radical (unpaired) electrons. The van der Waals surface area contributed by atoms with E-state index < -0.39 is 5.91 Å². The van der Waals surface area contributed by atoms with Crippen LogP contribution in [-0.4, -0.2) is 48.0 Å². The molecule has 1 amide bonds. The Morgan fingerprint density at radius 3 is 2.08 bits per heavy atom. The van der Waals surface area contributed by atoms with Gasteiger partial charge in [-0.05, 0) is 52.6 Å². The van der Waals surface area contributed by atoms with Crippen molar-refractivity contribution in [1.29, 1.82) is 0 Å². The van der Waals surface area contributed by atoms with Crippen LogP contribution in [0.1, 0.15) is 89.1 Å². The molecule has 0 spiro atoms. The highest BCUT2D eigenvalue weighted by atomic mass is 16.3. The van der Waals surface area contributed by atoms with E-state index in [4.69, 9.17) is 5.84 Å². The summed E-state index contributed by atoms with van der Waals surface area (Å²) in [4.78, 5) is 16.9. The van der Waals surface area contributed by atoms with Crippen molar-refractivity contribution in [2.75, 3.05) is 27.2 Å². The quantitative estimate of drug-likeness (QED) is 0.180. The zero-order valence-corrected chi connectivity index (χ0v) is 24.6. The Hall–Kier alpha value is -2.83. The van der Waals surface area contributed by atoms with Crippen molar-refractivity contribution in [1.82, 2.24) is 15.2 Å². The van der Waals surface area contributed by atoms with Gasteiger partial charge in [0, 0.05) is 37.8 Å². The summed E-state index contributed by atoms with van der Waals surface area (Å²) in [5.41, 5.74) is 7.45. The van der Waals surface area contributed by atoms with E-state index in [0.29, 0.717) is 23.7 Å². The second kappa shape index (κ2) is 12.1. The Labute approximate surface area is 224 Å². The van der Waals surface area contributed by atoms with Gasteiger partial charge < -0.3 is 14.9 Å². The molecule has 0 aliphatic carbocycles. The molecular formula is C31H48N4O2. The summed E-state index contributed by atoms with van der Waals surface area (Å²) in [7, 11) is 3.95. The Morgan fingerprint density at radius 1 is 1.00 bits per heavy atom. The van der Waals surface area contributed by atoms with Gasteiger partial charge in [0.15, 0.2) is 0 Å². The van der Waals surface area contributed by atoms with Crippen LogP contribution in [0.2, 0.25) is 0 Å². The first-order chi connectivity index (χ1) is 17.0. The molecule has 0 saturated carbocycles. The molecule has 2 rings (SSSR count). The van der Waals surface area contributed by atoms with Crippen LogP contribution in [-0.2, 0) is 22.2 Å². The SMILES string of the molecule is CC(C)c1ccc(CN(C)CCN(C)/C(=C/c2cc(C(C)(C)C)cc(C(C)(C)C)c2O)C(=O)NN)cc1. The van der Waals surface area contributed by atoms with Gasteiger partial charge in [0.25, 0.3) is 5.91 Å². The second-order valence-electron chi connectivity index (χ2n) is 12.5. The molecule has 4 N–H and O–H groups in total. The van der Waals surface area contributed by atoms with Crippen molar-refractivity contribution >= 4 is 12.0 Å². The highest BCUT2D eigenvalue weighted by molar-refractivity contribution is 5.97. The minimum atomic E-state index is -0.396. The molecule has 0 aromatic heterocycles. The lowest BCUT2D eigenvalue weighted by atomic mass is 9.79. The Kier molecular flexibility index (Phi) is 9.97. The van der Waals surface area contributed by atoms with Crippen LogP contribution in [0.3, 0.4) is 0 Å². The van der Waals surface area contributed by atoms with Crippen molar-refractivity contribution in [3.63, 3.8) is 0 Å². The van der Waals surface area contributed by atoms with Crippen molar-refractivity contribution in [2.45, 2.75) is 78.7 Å². The molecule has 0 fully saturated rings. The minimum absolute atomic E-state index is 0.117. The molecule has 0 heterocycles. The maximum atomic E-state index is 12.8. The number of benzene rings is 2. The maximum Gasteiger partial charge on any atom is 0.281 e. The summed E-state index contributed by atoms with van der Waals surface area (Å²) in [5.74, 6) is 5.87. The van der Waals surface area contributed by atoms with E-state index in [2.05, 4.69) is 103 Å². The number of likely N-dealkylation sites (N-methyl/N-ethyl adjacent to an activating group) is 2. The van der Waals surface area contributed by atoms with E-state index in [1.54, 1.807) is 6.08 Å². The second-order valence-corrected chi connectivity index (χ2v) is 12.5. The van der Waals surface area contributed by atoms with E-state index in [-0.39, 0.29) is 16.6 Å². The minimum Gasteiger partial charge on any atom is -0.507 e. The van der Waals surface area contributed by atoms with Crippen LogP contribution in [0.25, 0.3) is 6.08 Å². The van der Waals surface area contributed by atoms with E-state index in [1.165, 1.54) is 11.1 Å². The predicted octanol–water partition coefficient (Wildman–Crippen LogP) is 5.51. The van der Waals surface area contributed by atoms with E-state index in [9.17, 15) is 9.90 Å². The lowest BCUT2D eigenvalue weighted by Crippen LogP contribution is -2.39. The normalized spacial score (nSPS) is 12.8. The number of nitrogens with zero attached hydrogens (tertiary/aromatic N) is 2. The predicted molar refractivity (Wildman–Crippen MR) is 155 cm³/mol. The van der Waals surface area contributed by atoms with Crippen molar-refractivity contribution < 1.29 is 9.90 Å². The van der Waals surface area contributed by atoms with Crippen molar-refractivity contribution in [2.24, 2.45) is 5.84 Å². The summed E-state index contributed by atoms with van der Waals surface area (Å²) in [5, 5.41) is 11.2. The number of carbonyl (C=O) groups excluding carboxylic acids is 1. The van der Waals surface area contributed by atoms with Gasteiger partial charge in [-0.25, -0.2) is 5.84 Å². The number of hydrazine groups is 1. The first-order valence-corrected chi connectivity index (χ1v) is 13.1. The topological polar surface area (TPSA) is 81.8 Å². The van der Waals surface area contributed by atoms with Crippen LogP contribution in [0.15, 0.2) is 42.1 Å². The molecule has 6 heteroatoms. The van der Waals surface area contributed by atoms with Gasteiger partial charge in [-0.3, -0.25) is 10.2 Å². The summed E-state index contributed by atoms with van der Waals surface area (Å²) in [6.45, 7) is 19.2. The van der Waals surface area contributed by atoms with Gasteiger partial charge >= 0.3 is 0 Å². The smallest absolute Gasteiger partial charge is 0.281 e. The van der Waals surface area contributed by atoms with Crippen molar-refractivity contribution in [3.8, 4) is 5.75 Å². The number of rotatable bonds is 9. The summed E-state index contributed by atoms with van der Waals surface area (Å²) in [6, 6.07) is 12.8. The molecular weight excluding hydrogens is 460 g/mol. The fraction of sp³-hybridized carbons (Fsp3) is 0.516. The van der Waals surface area contributed by atoms with Crippen LogP contribution in [0, 0.1) is 0 Å². The van der Waals surface area contributed by atoms with Gasteiger partial charge in [-0.15, -0.1) is 0 Å². The van der Waals surface area contributed by atoms with Crippen LogP contribution in [0.5, 0.6) is 5.75 Å². The number of amides is 1. The zero-order valence-electron chi connectivity index (χ0n) is 24.6. The number of phenols is 1. The molecule has 0 unspecified atom stereocenters. The highest BCUT2D eigenvalue weighted by Gasteiger charge is 2.25. The van der Waals surface area contributed by atoms with Crippen LogP contribution >= 0.6 is 0 Å². The monoisotopic (exact) mass is 508 g/mol. The van der Waals surface area contributed by atoms with Gasteiger partial charge in [-0.2, -0.15) is 0 Å². The third-order valence-electron chi connectivity index (χ3n) is 6.80. The standard InChI is InChI=1S/C31H48N4O2/c1-21(2)23-13-11-22(12-14-23)20-34(9)15-16-35(10)27(29(37)33-32)18-24-17-25(30(3,4)5)19-26(28(24)36)31(6,7)8/h11-14,17-19,21,36H,15-16,20,32H2,1-10H3,(H,33,37)/b27-18+. The fourth-order valence-electron chi connectivity index (χ4n) is 4.18. The lowest BCUT2D eigenvalue weighted by molar-refractivity contribution is -0.118. The third kappa shape index (κ3) is 8.34. The average Bonchev–Trinajstić information content (AvgIpc) is 2.80. The highest BCUT2D eigenvalue weighted by Crippen LogP contribution is 2.38. The van der Waals surface area contributed by atoms with Crippen molar-refractivity contribution in [3.05, 3.63) is 69.9 Å². The zero-order chi connectivity index (χ0) is 28.1. The largest absolute Gasteiger partial charge is 0.507 e. The molecule has 0 atom stereocenters. The molecule has 2 aromatic carbocycles. The molecule has 37 heavy (non-hydrogen) atoms. The Balaban J connectivity index is 2.31. The molecule has 6 nitrogen and oxygen atoms in total. The lowest BCUT2D eigenvalue weighted by Gasteiger charge is -2.28. The number of carbonyl (C=O) groups is 1. The number of aromatic hydroxyl groups is 1. The molecule has 0 aliphatic heterocycles. The van der Waals surface area contributed by atoms with E-state index >= 15 is 0 Å². The van der Waals surface area contributed by atoms with Gasteiger partial charge in [0.1, 0.15) is 11.4 Å². The molecule has 0 saturated heterocycles. The van der Waals surface area contributed by atoms with Crippen LogP contribution in [0.4, 0.5) is 0 Å². The van der Waals surface area contributed by atoms with Crippen LogP contribution < -0.4 is 11.3 Å². The van der Waals surface area contributed by atoms with Gasteiger partial charge in [0.2, 0.25) is 0 Å². The molecule has 0 aliphatic rings. The van der Waals surface area contributed by atoms with Gasteiger partial charge in [0.05, 0.1) is 0 Å².